The van der Waals surface area contributed by atoms with E-state index in [1.165, 1.54) is 19.3 Å². The summed E-state index contributed by atoms with van der Waals surface area (Å²) in [6.45, 7) is 4.80. The van der Waals surface area contributed by atoms with Crippen molar-refractivity contribution >= 4 is 17.3 Å². The molecule has 3 unspecified atom stereocenters. The van der Waals surface area contributed by atoms with Crippen molar-refractivity contribution in [3.63, 3.8) is 0 Å². The van der Waals surface area contributed by atoms with Gasteiger partial charge in [-0.2, -0.15) is 0 Å². The molecular formula is C23H27NO3. The van der Waals surface area contributed by atoms with Gasteiger partial charge in [-0.15, -0.1) is 0 Å². The smallest absolute Gasteiger partial charge is 0.332 e. The Morgan fingerprint density at radius 1 is 1.07 bits per heavy atom. The summed E-state index contributed by atoms with van der Waals surface area (Å²) >= 11 is 0. The molecule has 4 nitrogen and oxygen atoms in total. The van der Waals surface area contributed by atoms with E-state index < -0.39 is 6.10 Å². The number of hydrogen-bond donors (Lipinski definition) is 0. The first kappa shape index (κ1) is 18.2. The summed E-state index contributed by atoms with van der Waals surface area (Å²) in [6.07, 6.45) is 7.57. The van der Waals surface area contributed by atoms with Crippen LogP contribution in [-0.2, 0) is 14.3 Å². The lowest BCUT2D eigenvalue weighted by Gasteiger charge is -2.40. The van der Waals surface area contributed by atoms with Crippen molar-refractivity contribution in [3.8, 4) is 0 Å². The second kappa shape index (κ2) is 7.81. The molecule has 0 aromatic heterocycles. The van der Waals surface area contributed by atoms with Gasteiger partial charge < -0.3 is 9.64 Å². The first-order valence-electron chi connectivity index (χ1n) is 10.1. The van der Waals surface area contributed by atoms with Crippen molar-refractivity contribution in [3.05, 3.63) is 53.6 Å². The number of nitrogens with zero attached hydrogens (tertiary/aromatic N) is 1. The number of fused-ring (bicyclic) bond motifs is 1. The van der Waals surface area contributed by atoms with Gasteiger partial charge in [-0.05, 0) is 49.1 Å². The van der Waals surface area contributed by atoms with Gasteiger partial charge in [0.05, 0.1) is 5.92 Å². The Hall–Kier alpha value is -2.20. The van der Waals surface area contributed by atoms with E-state index in [9.17, 15) is 9.59 Å². The second-order valence-corrected chi connectivity index (χ2v) is 7.79. The van der Waals surface area contributed by atoms with E-state index in [2.05, 4.69) is 11.8 Å². The number of carbonyl (C=O) groups excluding carboxylic acids is 2. The topological polar surface area (TPSA) is 46.6 Å². The monoisotopic (exact) mass is 365 g/mol. The van der Waals surface area contributed by atoms with Crippen LogP contribution in [0.1, 0.15) is 38.2 Å². The number of hydrogen-bond acceptors (Lipinski definition) is 4. The van der Waals surface area contributed by atoms with Crippen molar-refractivity contribution in [2.75, 3.05) is 19.6 Å². The first-order chi connectivity index (χ1) is 13.2. The van der Waals surface area contributed by atoms with Gasteiger partial charge in [0.25, 0.3) is 0 Å². The van der Waals surface area contributed by atoms with Crippen LogP contribution in [0, 0.1) is 11.8 Å². The fourth-order valence-electron chi connectivity index (χ4n) is 4.58. The highest BCUT2D eigenvalue weighted by atomic mass is 16.5. The van der Waals surface area contributed by atoms with Gasteiger partial charge in [0.1, 0.15) is 11.9 Å². The van der Waals surface area contributed by atoms with Gasteiger partial charge >= 0.3 is 5.97 Å². The highest BCUT2D eigenvalue weighted by Crippen LogP contribution is 2.40. The number of ether oxygens (including phenoxy) is 1. The quantitative estimate of drug-likeness (QED) is 0.765. The number of piperidine rings is 1. The maximum absolute atomic E-state index is 13.2. The van der Waals surface area contributed by atoms with Crippen LogP contribution < -0.4 is 0 Å². The Labute approximate surface area is 160 Å². The Balaban J connectivity index is 1.70. The molecule has 0 N–H and O–H groups in total. The molecule has 1 aromatic carbocycles. The van der Waals surface area contributed by atoms with Crippen LogP contribution in [0.5, 0.6) is 0 Å². The molecule has 1 aromatic rings. The summed E-state index contributed by atoms with van der Waals surface area (Å²) in [7, 11) is 0. The van der Waals surface area contributed by atoms with E-state index in [4.69, 9.17) is 4.74 Å². The third kappa shape index (κ3) is 3.63. The number of Topliss-reactive ketones (excluding diaryl/α,β-unsaturated/α-hetero) is 1. The van der Waals surface area contributed by atoms with Gasteiger partial charge in [0, 0.05) is 18.5 Å². The van der Waals surface area contributed by atoms with E-state index in [-0.39, 0.29) is 23.6 Å². The standard InChI is InChI=1S/C23H27NO3/c1-2-16-13-19-18(17-9-5-3-6-10-17)14-21(25)27-23(19)20(22(16)26)15-24-11-7-4-8-12-24/h3,5-6,9-10,13-14,16,20,23H,2,4,7-8,11-12,15H2,1H3. The van der Waals surface area contributed by atoms with E-state index in [1.807, 2.05) is 36.4 Å². The van der Waals surface area contributed by atoms with E-state index >= 15 is 0 Å². The normalized spacial score (nSPS) is 28.9. The summed E-state index contributed by atoms with van der Waals surface area (Å²) in [5.74, 6) is -0.499. The number of carbonyl (C=O) groups is 2. The van der Waals surface area contributed by atoms with Crippen LogP contribution in [0.15, 0.2) is 48.1 Å². The van der Waals surface area contributed by atoms with Gasteiger partial charge in [0.15, 0.2) is 0 Å². The van der Waals surface area contributed by atoms with Gasteiger partial charge in [-0.3, -0.25) is 4.79 Å². The van der Waals surface area contributed by atoms with Crippen molar-refractivity contribution in [1.29, 1.82) is 0 Å². The van der Waals surface area contributed by atoms with Gasteiger partial charge in [0.2, 0.25) is 0 Å². The lowest BCUT2D eigenvalue weighted by molar-refractivity contribution is -0.148. The summed E-state index contributed by atoms with van der Waals surface area (Å²) in [5.41, 5.74) is 2.92. The fourth-order valence-corrected chi connectivity index (χ4v) is 4.58. The predicted octanol–water partition coefficient (Wildman–Crippen LogP) is 3.63. The molecule has 27 heavy (non-hydrogen) atoms. The van der Waals surface area contributed by atoms with Gasteiger partial charge in [-0.25, -0.2) is 4.79 Å². The fraction of sp³-hybridized carbons (Fsp3) is 0.478. The van der Waals surface area contributed by atoms with E-state index in [1.54, 1.807) is 6.08 Å². The number of allylic oxidation sites excluding steroid dienone is 1. The third-order valence-corrected chi connectivity index (χ3v) is 6.03. The lowest BCUT2D eigenvalue weighted by Crippen LogP contribution is -2.48. The van der Waals surface area contributed by atoms with Crippen LogP contribution in [0.2, 0.25) is 0 Å². The first-order valence-corrected chi connectivity index (χ1v) is 10.1. The predicted molar refractivity (Wildman–Crippen MR) is 105 cm³/mol. The molecule has 0 radical (unpaired) electrons. The Morgan fingerprint density at radius 2 is 1.81 bits per heavy atom. The van der Waals surface area contributed by atoms with E-state index in [0.29, 0.717) is 6.54 Å². The number of esters is 1. The minimum atomic E-state index is -0.463. The third-order valence-electron chi connectivity index (χ3n) is 6.03. The number of benzene rings is 1. The summed E-state index contributed by atoms with van der Waals surface area (Å²) in [5, 5.41) is 0. The zero-order valence-electron chi connectivity index (χ0n) is 15.9. The molecule has 142 valence electrons. The van der Waals surface area contributed by atoms with Crippen LogP contribution in [0.4, 0.5) is 0 Å². The minimum Gasteiger partial charge on any atom is -0.453 e. The molecule has 2 heterocycles. The molecule has 0 bridgehead atoms. The highest BCUT2D eigenvalue weighted by molar-refractivity contribution is 6.02. The van der Waals surface area contributed by atoms with Crippen LogP contribution in [-0.4, -0.2) is 42.4 Å². The molecular weight excluding hydrogens is 338 g/mol. The maximum atomic E-state index is 13.2. The maximum Gasteiger partial charge on any atom is 0.332 e. The minimum absolute atomic E-state index is 0.102. The molecule has 0 saturated carbocycles. The average Bonchev–Trinajstić information content (AvgIpc) is 2.71. The number of rotatable bonds is 4. The molecule has 2 aliphatic heterocycles. The van der Waals surface area contributed by atoms with Crippen LogP contribution in [0.25, 0.3) is 5.57 Å². The van der Waals surface area contributed by atoms with E-state index in [0.717, 1.165) is 36.2 Å². The SMILES string of the molecule is CCC1C=C2C(c3ccccc3)=CC(=O)OC2C(CN2CCCCC2)C1=O. The van der Waals surface area contributed by atoms with Crippen molar-refractivity contribution in [2.24, 2.45) is 11.8 Å². The Morgan fingerprint density at radius 3 is 2.52 bits per heavy atom. The number of likely N-dealkylation sites (tertiary alicyclic amines) is 1. The van der Waals surface area contributed by atoms with Crippen molar-refractivity contribution < 1.29 is 14.3 Å². The van der Waals surface area contributed by atoms with Crippen molar-refractivity contribution in [2.45, 2.75) is 38.7 Å². The summed E-state index contributed by atoms with van der Waals surface area (Å²) < 4.78 is 5.73. The molecule has 1 aliphatic carbocycles. The molecule has 4 heteroatoms. The largest absolute Gasteiger partial charge is 0.453 e. The molecule has 3 atom stereocenters. The Bertz CT molecular complexity index is 774. The van der Waals surface area contributed by atoms with Crippen molar-refractivity contribution in [1.82, 2.24) is 4.90 Å². The summed E-state index contributed by atoms with van der Waals surface area (Å²) in [4.78, 5) is 27.9. The second-order valence-electron chi connectivity index (χ2n) is 7.79. The molecule has 0 spiro atoms. The van der Waals surface area contributed by atoms with Crippen LogP contribution >= 0.6 is 0 Å². The highest BCUT2D eigenvalue weighted by Gasteiger charge is 2.44. The zero-order valence-corrected chi connectivity index (χ0v) is 15.9. The molecule has 4 rings (SSSR count). The molecule has 1 saturated heterocycles. The summed E-state index contributed by atoms with van der Waals surface area (Å²) in [6, 6.07) is 9.94. The molecule has 0 amide bonds. The number of ketones is 1. The van der Waals surface area contributed by atoms with Gasteiger partial charge in [-0.1, -0.05) is 49.8 Å². The lowest BCUT2D eigenvalue weighted by atomic mass is 9.73. The average molecular weight is 365 g/mol. The van der Waals surface area contributed by atoms with Crippen LogP contribution in [0.3, 0.4) is 0 Å². The molecule has 3 aliphatic rings. The zero-order chi connectivity index (χ0) is 18.8. The Kier molecular flexibility index (Phi) is 5.26. The molecule has 1 fully saturated rings.